The van der Waals surface area contributed by atoms with Crippen molar-refractivity contribution in [1.29, 1.82) is 0 Å². The van der Waals surface area contributed by atoms with Gasteiger partial charge in [0.2, 0.25) is 5.88 Å². The van der Waals surface area contributed by atoms with Crippen LogP contribution < -0.4 is 4.74 Å². The summed E-state index contributed by atoms with van der Waals surface area (Å²) < 4.78 is 5.46. The molecule has 1 aromatic carbocycles. The first kappa shape index (κ1) is 12.1. The van der Waals surface area contributed by atoms with E-state index in [4.69, 9.17) is 9.94 Å². The average Bonchev–Trinajstić information content (AvgIpc) is 2.37. The van der Waals surface area contributed by atoms with Crippen molar-refractivity contribution in [2.75, 3.05) is 6.61 Å². The zero-order valence-electron chi connectivity index (χ0n) is 10.1. The monoisotopic (exact) mass is 242 g/mol. The number of pyridine rings is 1. The molecular formula is C14H14N2O2. The number of nitrogens with zero attached hydrogens (tertiary/aromatic N) is 2. The van der Waals surface area contributed by atoms with Crippen LogP contribution >= 0.6 is 0 Å². The maximum atomic E-state index is 8.65. The first-order chi connectivity index (χ1) is 8.74. The van der Waals surface area contributed by atoms with E-state index in [1.807, 2.05) is 31.2 Å². The highest BCUT2D eigenvalue weighted by atomic mass is 16.5. The van der Waals surface area contributed by atoms with Crippen molar-refractivity contribution in [3.8, 4) is 5.88 Å². The van der Waals surface area contributed by atoms with Crippen LogP contribution in [0.1, 0.15) is 11.1 Å². The molecule has 2 aromatic rings. The molecule has 4 nitrogen and oxygen atoms in total. The Bertz CT molecular complexity index is 606. The number of rotatable bonds is 4. The molecule has 0 aliphatic carbocycles. The molecule has 0 fully saturated rings. The normalized spacial score (nSPS) is 10.9. The lowest BCUT2D eigenvalue weighted by molar-refractivity contribution is 0.320. The van der Waals surface area contributed by atoms with Gasteiger partial charge in [0, 0.05) is 5.39 Å². The molecular weight excluding hydrogens is 228 g/mol. The zero-order chi connectivity index (χ0) is 13.0. The molecule has 0 aliphatic heterocycles. The third-order valence-electron chi connectivity index (χ3n) is 2.50. The Labute approximate surface area is 105 Å². The van der Waals surface area contributed by atoms with Crippen LogP contribution in [0, 0.1) is 6.92 Å². The van der Waals surface area contributed by atoms with Crippen LogP contribution in [-0.4, -0.2) is 23.0 Å². The maximum absolute atomic E-state index is 8.65. The summed E-state index contributed by atoms with van der Waals surface area (Å²) in [4.78, 5) is 4.42. The molecule has 0 amide bonds. The number of fused-ring (bicyclic) bond motifs is 1. The minimum absolute atomic E-state index is 0.358. The van der Waals surface area contributed by atoms with Gasteiger partial charge in [-0.1, -0.05) is 29.9 Å². The van der Waals surface area contributed by atoms with Crippen LogP contribution in [0.2, 0.25) is 0 Å². The van der Waals surface area contributed by atoms with E-state index >= 15 is 0 Å². The fourth-order valence-electron chi connectivity index (χ4n) is 1.68. The largest absolute Gasteiger partial charge is 0.473 e. The molecule has 0 unspecified atom stereocenters. The molecule has 0 radical (unpaired) electrons. The molecule has 0 saturated carbocycles. The summed E-state index contributed by atoms with van der Waals surface area (Å²) in [7, 11) is 0. The second-order valence-corrected chi connectivity index (χ2v) is 3.92. The number of hydrogen-bond donors (Lipinski definition) is 1. The third-order valence-corrected chi connectivity index (χ3v) is 2.50. The molecule has 1 aromatic heterocycles. The molecule has 1 N–H and O–H groups in total. The van der Waals surface area contributed by atoms with Crippen molar-refractivity contribution < 1.29 is 9.94 Å². The van der Waals surface area contributed by atoms with Crippen molar-refractivity contribution in [3.05, 3.63) is 48.0 Å². The smallest absolute Gasteiger partial charge is 0.223 e. The van der Waals surface area contributed by atoms with Crippen LogP contribution in [0.25, 0.3) is 10.9 Å². The van der Waals surface area contributed by atoms with Gasteiger partial charge in [-0.05, 0) is 24.6 Å². The van der Waals surface area contributed by atoms with Crippen LogP contribution in [0.4, 0.5) is 0 Å². The number of ether oxygens (including phenoxy) is 1. The SMILES string of the molecule is C=CCOc1nc2cc(C)ccc2cc1/C=N\O. The van der Waals surface area contributed by atoms with E-state index in [2.05, 4.69) is 16.7 Å². The first-order valence-corrected chi connectivity index (χ1v) is 5.57. The van der Waals surface area contributed by atoms with E-state index in [-0.39, 0.29) is 0 Å². The third kappa shape index (κ3) is 2.48. The van der Waals surface area contributed by atoms with Gasteiger partial charge in [-0.2, -0.15) is 0 Å². The Hall–Kier alpha value is -2.36. The van der Waals surface area contributed by atoms with E-state index in [1.54, 1.807) is 6.08 Å². The topological polar surface area (TPSA) is 54.7 Å². The van der Waals surface area contributed by atoms with Crippen molar-refractivity contribution in [1.82, 2.24) is 4.98 Å². The summed E-state index contributed by atoms with van der Waals surface area (Å²) >= 11 is 0. The van der Waals surface area contributed by atoms with Crippen LogP contribution in [-0.2, 0) is 0 Å². The Morgan fingerprint density at radius 3 is 3.00 bits per heavy atom. The van der Waals surface area contributed by atoms with Gasteiger partial charge in [0.25, 0.3) is 0 Å². The lowest BCUT2D eigenvalue weighted by atomic mass is 10.1. The highest BCUT2D eigenvalue weighted by Crippen LogP contribution is 2.22. The molecule has 0 spiro atoms. The number of benzene rings is 1. The molecule has 0 aliphatic rings. The molecule has 0 bridgehead atoms. The Balaban J connectivity index is 2.56. The number of oxime groups is 1. The fourth-order valence-corrected chi connectivity index (χ4v) is 1.68. The molecule has 0 atom stereocenters. The van der Waals surface area contributed by atoms with E-state index < -0.39 is 0 Å². The van der Waals surface area contributed by atoms with Gasteiger partial charge in [-0.25, -0.2) is 4.98 Å². The van der Waals surface area contributed by atoms with Crippen LogP contribution in [0.5, 0.6) is 5.88 Å². The summed E-state index contributed by atoms with van der Waals surface area (Å²) in [6, 6.07) is 7.84. The zero-order valence-corrected chi connectivity index (χ0v) is 10.1. The van der Waals surface area contributed by atoms with E-state index in [0.717, 1.165) is 16.5 Å². The van der Waals surface area contributed by atoms with E-state index in [9.17, 15) is 0 Å². The predicted octanol–water partition coefficient (Wildman–Crippen LogP) is 2.92. The molecule has 18 heavy (non-hydrogen) atoms. The lowest BCUT2D eigenvalue weighted by Crippen LogP contribution is -2.00. The Morgan fingerprint density at radius 2 is 2.28 bits per heavy atom. The van der Waals surface area contributed by atoms with Gasteiger partial charge < -0.3 is 9.94 Å². The minimum Gasteiger partial charge on any atom is -0.473 e. The molecule has 92 valence electrons. The Kier molecular flexibility index (Phi) is 3.57. The highest BCUT2D eigenvalue weighted by Gasteiger charge is 2.06. The van der Waals surface area contributed by atoms with Gasteiger partial charge in [0.1, 0.15) is 6.61 Å². The van der Waals surface area contributed by atoms with Crippen LogP contribution in [0.3, 0.4) is 0 Å². The average molecular weight is 242 g/mol. The van der Waals surface area contributed by atoms with Crippen molar-refractivity contribution in [3.63, 3.8) is 0 Å². The van der Waals surface area contributed by atoms with Crippen LogP contribution in [0.15, 0.2) is 42.1 Å². The standard InChI is InChI=1S/C14H14N2O2/c1-3-6-18-14-12(9-15-17)8-11-5-4-10(2)7-13(11)16-14/h3-5,7-9,17H,1,6H2,2H3/b15-9-. The summed E-state index contributed by atoms with van der Waals surface area (Å²) in [5.41, 5.74) is 2.62. The summed E-state index contributed by atoms with van der Waals surface area (Å²) in [6.45, 7) is 5.96. The van der Waals surface area contributed by atoms with Gasteiger partial charge >= 0.3 is 0 Å². The van der Waals surface area contributed by atoms with Crippen molar-refractivity contribution in [2.45, 2.75) is 6.92 Å². The van der Waals surface area contributed by atoms with Crippen molar-refractivity contribution in [2.24, 2.45) is 5.16 Å². The fraction of sp³-hybridized carbons (Fsp3) is 0.143. The van der Waals surface area contributed by atoms with Crippen molar-refractivity contribution >= 4 is 17.1 Å². The van der Waals surface area contributed by atoms with Gasteiger partial charge in [-0.15, -0.1) is 0 Å². The molecule has 0 saturated heterocycles. The lowest BCUT2D eigenvalue weighted by Gasteiger charge is -2.08. The van der Waals surface area contributed by atoms with E-state index in [1.165, 1.54) is 6.21 Å². The van der Waals surface area contributed by atoms with Gasteiger partial charge in [-0.3, -0.25) is 0 Å². The summed E-state index contributed by atoms with van der Waals surface area (Å²) in [5, 5.41) is 12.7. The minimum atomic E-state index is 0.358. The molecule has 1 heterocycles. The van der Waals surface area contributed by atoms with Gasteiger partial charge in [0.15, 0.2) is 0 Å². The summed E-state index contributed by atoms with van der Waals surface area (Å²) in [5.74, 6) is 0.436. The second-order valence-electron chi connectivity index (χ2n) is 3.92. The second kappa shape index (κ2) is 5.31. The Morgan fingerprint density at radius 1 is 1.44 bits per heavy atom. The summed E-state index contributed by atoms with van der Waals surface area (Å²) in [6.07, 6.45) is 2.95. The quantitative estimate of drug-likeness (QED) is 0.388. The maximum Gasteiger partial charge on any atom is 0.223 e. The number of aryl methyl sites for hydroxylation is 1. The predicted molar refractivity (Wildman–Crippen MR) is 71.6 cm³/mol. The highest BCUT2D eigenvalue weighted by molar-refractivity contribution is 5.90. The molecule has 4 heteroatoms. The number of aromatic nitrogens is 1. The first-order valence-electron chi connectivity index (χ1n) is 5.57. The molecule has 2 rings (SSSR count). The number of hydrogen-bond acceptors (Lipinski definition) is 4. The van der Waals surface area contributed by atoms with Gasteiger partial charge in [0.05, 0.1) is 17.3 Å². The van der Waals surface area contributed by atoms with E-state index in [0.29, 0.717) is 18.1 Å².